The minimum atomic E-state index is -1.45. The smallest absolute Gasteiger partial charge is 0.317 e. The lowest BCUT2D eigenvalue weighted by Crippen LogP contribution is -2.29. The number of aliphatic carboxylic acids is 2. The SMILES string of the molecule is COc1ccc(C=C2SC(=S)N(CCCCC(C(=O)O)C(=O)O)C2=O)c(O)c1. The number of phenols is 1. The van der Waals surface area contributed by atoms with Crippen LogP contribution in [-0.2, 0) is 14.4 Å². The molecular formula is C18H19NO7S2. The number of carbonyl (C=O) groups excluding carboxylic acids is 1. The fraction of sp³-hybridized carbons (Fsp3) is 0.333. The molecule has 0 aromatic heterocycles. The van der Waals surface area contributed by atoms with Crippen molar-refractivity contribution in [3.8, 4) is 11.5 Å². The van der Waals surface area contributed by atoms with Gasteiger partial charge in [-0.2, -0.15) is 0 Å². The van der Waals surface area contributed by atoms with Gasteiger partial charge in [-0.3, -0.25) is 19.3 Å². The van der Waals surface area contributed by atoms with Gasteiger partial charge in [0.05, 0.1) is 12.0 Å². The van der Waals surface area contributed by atoms with Gasteiger partial charge in [0, 0.05) is 18.2 Å². The summed E-state index contributed by atoms with van der Waals surface area (Å²) in [7, 11) is 1.48. The maximum absolute atomic E-state index is 12.6. The number of hydrogen-bond donors (Lipinski definition) is 3. The summed E-state index contributed by atoms with van der Waals surface area (Å²) in [6.45, 7) is 0.266. The summed E-state index contributed by atoms with van der Waals surface area (Å²) in [5.41, 5.74) is 0.451. The summed E-state index contributed by atoms with van der Waals surface area (Å²) < 4.78 is 5.38. The number of carboxylic acids is 2. The molecule has 0 saturated carbocycles. The van der Waals surface area contributed by atoms with E-state index in [1.54, 1.807) is 18.2 Å². The Bertz CT molecular complexity index is 823. The molecule has 3 N–H and O–H groups in total. The number of thioether (sulfide) groups is 1. The predicted octanol–water partition coefficient (Wildman–Crippen LogP) is 2.56. The maximum Gasteiger partial charge on any atom is 0.317 e. The summed E-state index contributed by atoms with van der Waals surface area (Å²) in [6, 6.07) is 4.72. The van der Waals surface area contributed by atoms with Crippen molar-refractivity contribution in [2.75, 3.05) is 13.7 Å². The lowest BCUT2D eigenvalue weighted by atomic mass is 10.0. The average Bonchev–Trinajstić information content (AvgIpc) is 2.89. The van der Waals surface area contributed by atoms with E-state index < -0.39 is 17.9 Å². The molecule has 0 bridgehead atoms. The Labute approximate surface area is 170 Å². The molecule has 0 aliphatic carbocycles. The van der Waals surface area contributed by atoms with Gasteiger partial charge >= 0.3 is 11.9 Å². The summed E-state index contributed by atoms with van der Waals surface area (Å²) in [5.74, 6) is -4.05. The van der Waals surface area contributed by atoms with Crippen molar-refractivity contribution in [2.45, 2.75) is 19.3 Å². The molecule has 0 spiro atoms. The van der Waals surface area contributed by atoms with E-state index in [0.29, 0.717) is 33.4 Å². The summed E-state index contributed by atoms with van der Waals surface area (Å²) >= 11 is 6.33. The molecule has 1 amide bonds. The van der Waals surface area contributed by atoms with Crippen LogP contribution in [0.2, 0.25) is 0 Å². The number of methoxy groups -OCH3 is 1. The molecule has 150 valence electrons. The van der Waals surface area contributed by atoms with Crippen molar-refractivity contribution in [3.63, 3.8) is 0 Å². The Kier molecular flexibility index (Phi) is 7.41. The number of ether oxygens (including phenoxy) is 1. The van der Waals surface area contributed by atoms with E-state index in [1.807, 2.05) is 0 Å². The van der Waals surface area contributed by atoms with Crippen LogP contribution in [0.1, 0.15) is 24.8 Å². The van der Waals surface area contributed by atoms with E-state index >= 15 is 0 Å². The van der Waals surface area contributed by atoms with Gasteiger partial charge in [-0.05, 0) is 31.1 Å². The number of carboxylic acid groups (broad SMARTS) is 2. The number of unbranched alkanes of at least 4 members (excludes halogenated alkanes) is 1. The van der Waals surface area contributed by atoms with Crippen LogP contribution < -0.4 is 4.74 Å². The highest BCUT2D eigenvalue weighted by atomic mass is 32.2. The number of nitrogens with zero attached hydrogens (tertiary/aromatic N) is 1. The van der Waals surface area contributed by atoms with Crippen LogP contribution in [0.25, 0.3) is 6.08 Å². The first kappa shape index (κ1) is 21.7. The third kappa shape index (κ3) is 5.23. The second-order valence-electron chi connectivity index (χ2n) is 5.98. The van der Waals surface area contributed by atoms with Gasteiger partial charge in [0.2, 0.25) is 0 Å². The van der Waals surface area contributed by atoms with Crippen molar-refractivity contribution < 1.29 is 34.4 Å². The number of amides is 1. The molecule has 0 radical (unpaired) electrons. The van der Waals surface area contributed by atoms with Gasteiger partial charge in [-0.15, -0.1) is 0 Å². The zero-order valence-corrected chi connectivity index (χ0v) is 16.6. The largest absolute Gasteiger partial charge is 0.507 e. The third-order valence-corrected chi connectivity index (χ3v) is 5.50. The number of hydrogen-bond acceptors (Lipinski definition) is 7. The number of rotatable bonds is 9. The molecule has 1 aliphatic heterocycles. The molecule has 2 rings (SSSR count). The minimum absolute atomic E-state index is 0.0188. The lowest BCUT2D eigenvalue weighted by Gasteiger charge is -2.14. The number of carbonyl (C=O) groups is 3. The second kappa shape index (κ2) is 9.56. The number of aromatic hydroxyl groups is 1. The summed E-state index contributed by atoms with van der Waals surface area (Å²) in [4.78, 5) is 36.1. The molecule has 1 aromatic carbocycles. The van der Waals surface area contributed by atoms with Crippen LogP contribution >= 0.6 is 24.0 Å². The maximum atomic E-state index is 12.6. The average molecular weight is 425 g/mol. The van der Waals surface area contributed by atoms with Crippen LogP contribution in [0.5, 0.6) is 11.5 Å². The zero-order valence-electron chi connectivity index (χ0n) is 15.0. The first-order valence-corrected chi connectivity index (χ1v) is 9.55. The Morgan fingerprint density at radius 1 is 1.29 bits per heavy atom. The lowest BCUT2D eigenvalue weighted by molar-refractivity contribution is -0.154. The number of thiocarbonyl (C=S) groups is 1. The van der Waals surface area contributed by atoms with E-state index in [9.17, 15) is 19.5 Å². The molecule has 0 atom stereocenters. The van der Waals surface area contributed by atoms with Gasteiger partial charge in [0.15, 0.2) is 5.92 Å². The minimum Gasteiger partial charge on any atom is -0.507 e. The van der Waals surface area contributed by atoms with Gasteiger partial charge in [-0.1, -0.05) is 30.4 Å². The highest BCUT2D eigenvalue weighted by Gasteiger charge is 2.32. The van der Waals surface area contributed by atoms with Crippen LogP contribution in [0.3, 0.4) is 0 Å². The fourth-order valence-electron chi connectivity index (χ4n) is 2.58. The molecule has 28 heavy (non-hydrogen) atoms. The van der Waals surface area contributed by atoms with Crippen molar-refractivity contribution in [1.29, 1.82) is 0 Å². The molecule has 8 nitrogen and oxygen atoms in total. The van der Waals surface area contributed by atoms with Gasteiger partial charge in [0.1, 0.15) is 15.8 Å². The van der Waals surface area contributed by atoms with Gasteiger partial charge in [0.25, 0.3) is 5.91 Å². The summed E-state index contributed by atoms with van der Waals surface area (Å²) in [5, 5.41) is 27.8. The second-order valence-corrected chi connectivity index (χ2v) is 7.66. The van der Waals surface area contributed by atoms with Crippen molar-refractivity contribution in [3.05, 3.63) is 28.7 Å². The van der Waals surface area contributed by atoms with Crippen LogP contribution in [0.15, 0.2) is 23.1 Å². The van der Waals surface area contributed by atoms with E-state index in [0.717, 1.165) is 11.8 Å². The van der Waals surface area contributed by atoms with Crippen LogP contribution in [0, 0.1) is 5.92 Å². The van der Waals surface area contributed by atoms with E-state index in [-0.39, 0.29) is 24.6 Å². The molecule has 0 unspecified atom stereocenters. The van der Waals surface area contributed by atoms with E-state index in [4.69, 9.17) is 27.2 Å². The van der Waals surface area contributed by atoms with Crippen LogP contribution in [-0.4, -0.2) is 56.0 Å². The normalized spacial score (nSPS) is 15.5. The Morgan fingerprint density at radius 2 is 1.96 bits per heavy atom. The molecule has 1 saturated heterocycles. The van der Waals surface area contributed by atoms with Gasteiger partial charge in [-0.25, -0.2) is 0 Å². The Hall–Kier alpha value is -2.59. The third-order valence-electron chi connectivity index (χ3n) is 4.12. The number of benzene rings is 1. The Morgan fingerprint density at radius 3 is 2.54 bits per heavy atom. The standard InChI is InChI=1S/C18H19NO7S2/c1-26-11-6-5-10(13(20)9-11)8-14-15(21)19(18(27)28-14)7-3-2-4-12(16(22)23)17(24)25/h5-6,8-9,12,20H,2-4,7H2,1H3,(H,22,23)(H,24,25). The quantitative estimate of drug-likeness (QED) is 0.237. The molecule has 1 heterocycles. The zero-order chi connectivity index (χ0) is 20.8. The molecule has 10 heteroatoms. The first-order valence-electron chi connectivity index (χ1n) is 8.32. The van der Waals surface area contributed by atoms with Crippen molar-refractivity contribution >= 4 is 52.2 Å². The summed E-state index contributed by atoms with van der Waals surface area (Å²) in [6.07, 6.45) is 2.27. The van der Waals surface area contributed by atoms with Crippen LogP contribution in [0.4, 0.5) is 0 Å². The van der Waals surface area contributed by atoms with Gasteiger partial charge < -0.3 is 20.1 Å². The highest BCUT2D eigenvalue weighted by molar-refractivity contribution is 8.26. The highest BCUT2D eigenvalue weighted by Crippen LogP contribution is 2.35. The van der Waals surface area contributed by atoms with E-state index in [2.05, 4.69) is 0 Å². The molecule has 1 fully saturated rings. The number of phenolic OH excluding ortho intramolecular Hbond substituents is 1. The molecule has 1 aromatic rings. The van der Waals surface area contributed by atoms with Crippen molar-refractivity contribution in [2.24, 2.45) is 5.92 Å². The Balaban J connectivity index is 1.98. The monoisotopic (exact) mass is 425 g/mol. The topological polar surface area (TPSA) is 124 Å². The van der Waals surface area contributed by atoms with Crippen molar-refractivity contribution in [1.82, 2.24) is 4.90 Å². The molecular weight excluding hydrogens is 406 g/mol. The van der Waals surface area contributed by atoms with E-state index in [1.165, 1.54) is 18.1 Å². The predicted molar refractivity (Wildman–Crippen MR) is 107 cm³/mol. The first-order chi connectivity index (χ1) is 13.2. The fourth-order valence-corrected chi connectivity index (χ4v) is 3.88. The molecule has 1 aliphatic rings.